The van der Waals surface area contributed by atoms with E-state index in [2.05, 4.69) is 0 Å². The lowest BCUT2D eigenvalue weighted by Crippen LogP contribution is -2.36. The summed E-state index contributed by atoms with van der Waals surface area (Å²) in [7, 11) is 0. The van der Waals surface area contributed by atoms with Crippen LogP contribution in [0.3, 0.4) is 0 Å². The van der Waals surface area contributed by atoms with E-state index in [9.17, 15) is 18.0 Å². The van der Waals surface area contributed by atoms with Crippen LogP contribution in [0.4, 0.5) is 13.2 Å². The molecule has 0 aliphatic heterocycles. The van der Waals surface area contributed by atoms with Crippen molar-refractivity contribution in [2.45, 2.75) is 12.7 Å². The van der Waals surface area contributed by atoms with Gasteiger partial charge in [-0.3, -0.25) is 4.79 Å². The van der Waals surface area contributed by atoms with Gasteiger partial charge < -0.3 is 5.32 Å². The number of nitrogens with one attached hydrogen (secondary N) is 1. The van der Waals surface area contributed by atoms with Crippen LogP contribution in [0.5, 0.6) is 0 Å². The third-order valence-electron chi connectivity index (χ3n) is 1.79. The molecule has 1 N–H and O–H groups in total. The second kappa shape index (κ2) is 4.66. The maximum absolute atomic E-state index is 11.8. The third-order valence-corrected chi connectivity index (χ3v) is 1.79. The van der Waals surface area contributed by atoms with E-state index in [1.54, 1.807) is 5.32 Å². The van der Waals surface area contributed by atoms with E-state index in [0.717, 1.165) is 0 Å². The van der Waals surface area contributed by atoms with Crippen LogP contribution in [-0.2, 0) is 11.3 Å². The predicted molar refractivity (Wildman–Crippen MR) is 49.1 cm³/mol. The van der Waals surface area contributed by atoms with Crippen LogP contribution in [0.15, 0.2) is 24.3 Å². The van der Waals surface area contributed by atoms with Crippen molar-refractivity contribution in [3.63, 3.8) is 0 Å². The molecule has 0 aliphatic rings. The molecule has 0 atom stereocenters. The van der Waals surface area contributed by atoms with E-state index < -0.39 is 12.1 Å². The number of rotatable bonds is 2. The number of alkyl halides is 3. The van der Waals surface area contributed by atoms with Gasteiger partial charge in [-0.25, -0.2) is 0 Å². The van der Waals surface area contributed by atoms with Crippen molar-refractivity contribution in [1.82, 2.24) is 5.32 Å². The number of nitriles is 1. The first-order valence-corrected chi connectivity index (χ1v) is 4.27. The quantitative estimate of drug-likeness (QED) is 0.838. The van der Waals surface area contributed by atoms with Gasteiger partial charge in [0.15, 0.2) is 0 Å². The van der Waals surface area contributed by atoms with Gasteiger partial charge in [0, 0.05) is 6.54 Å². The Bertz CT molecular complexity index is 417. The lowest BCUT2D eigenvalue weighted by molar-refractivity contribution is -0.173. The molecular formula is C10H7F3N2O. The number of carbonyl (C=O) groups is 1. The van der Waals surface area contributed by atoms with Crippen molar-refractivity contribution >= 4 is 5.91 Å². The van der Waals surface area contributed by atoms with E-state index in [0.29, 0.717) is 11.1 Å². The van der Waals surface area contributed by atoms with Gasteiger partial charge in [0.1, 0.15) is 0 Å². The minimum absolute atomic E-state index is 0.218. The molecule has 1 aromatic rings. The van der Waals surface area contributed by atoms with Crippen molar-refractivity contribution in [1.29, 1.82) is 5.26 Å². The van der Waals surface area contributed by atoms with Crippen molar-refractivity contribution in [2.75, 3.05) is 0 Å². The fourth-order valence-corrected chi connectivity index (χ4v) is 0.980. The Morgan fingerprint density at radius 1 is 1.31 bits per heavy atom. The maximum Gasteiger partial charge on any atom is 0.471 e. The Hall–Kier alpha value is -2.03. The van der Waals surface area contributed by atoms with Crippen LogP contribution in [0.1, 0.15) is 11.1 Å². The number of carbonyl (C=O) groups excluding carboxylic acids is 1. The molecule has 16 heavy (non-hydrogen) atoms. The van der Waals surface area contributed by atoms with Gasteiger partial charge in [-0.1, -0.05) is 12.1 Å². The van der Waals surface area contributed by atoms with E-state index in [4.69, 9.17) is 5.26 Å². The largest absolute Gasteiger partial charge is 0.471 e. The lowest BCUT2D eigenvalue weighted by Gasteiger charge is -2.07. The normalized spacial score (nSPS) is 10.6. The number of hydrogen-bond acceptors (Lipinski definition) is 2. The van der Waals surface area contributed by atoms with Crippen LogP contribution >= 0.6 is 0 Å². The van der Waals surface area contributed by atoms with Crippen molar-refractivity contribution < 1.29 is 18.0 Å². The van der Waals surface area contributed by atoms with Crippen LogP contribution in [-0.4, -0.2) is 12.1 Å². The number of nitrogens with zero attached hydrogens (tertiary/aromatic N) is 1. The minimum atomic E-state index is -4.87. The van der Waals surface area contributed by atoms with Gasteiger partial charge in [0.05, 0.1) is 11.6 Å². The molecule has 0 aromatic heterocycles. The zero-order valence-electron chi connectivity index (χ0n) is 8.01. The molecule has 1 aromatic carbocycles. The van der Waals surface area contributed by atoms with E-state index >= 15 is 0 Å². The maximum atomic E-state index is 11.8. The van der Waals surface area contributed by atoms with Crippen LogP contribution in [0.2, 0.25) is 0 Å². The highest BCUT2D eigenvalue weighted by molar-refractivity contribution is 5.81. The first-order valence-electron chi connectivity index (χ1n) is 4.27. The van der Waals surface area contributed by atoms with Crippen molar-refractivity contribution in [3.8, 4) is 6.07 Å². The molecule has 0 heterocycles. The molecule has 1 amide bonds. The molecule has 0 radical (unpaired) electrons. The fraction of sp³-hybridized carbons (Fsp3) is 0.200. The zero-order valence-corrected chi connectivity index (χ0v) is 8.01. The van der Waals surface area contributed by atoms with E-state index in [1.165, 1.54) is 24.3 Å². The highest BCUT2D eigenvalue weighted by atomic mass is 19.4. The molecule has 84 valence electrons. The molecule has 0 saturated heterocycles. The molecule has 3 nitrogen and oxygen atoms in total. The summed E-state index contributed by atoms with van der Waals surface area (Å²) < 4.78 is 35.4. The van der Waals surface area contributed by atoms with Gasteiger partial charge >= 0.3 is 12.1 Å². The van der Waals surface area contributed by atoms with Gasteiger partial charge in [-0.2, -0.15) is 18.4 Å². The summed E-state index contributed by atoms with van der Waals surface area (Å²) in [5.74, 6) is -1.98. The average molecular weight is 228 g/mol. The Labute approximate surface area is 89.5 Å². The molecule has 0 saturated carbocycles. The highest BCUT2D eigenvalue weighted by Crippen LogP contribution is 2.14. The van der Waals surface area contributed by atoms with E-state index in [-0.39, 0.29) is 6.54 Å². The summed E-state index contributed by atoms with van der Waals surface area (Å²) in [5, 5.41) is 10.2. The number of halogens is 3. The van der Waals surface area contributed by atoms with Crippen molar-refractivity contribution in [3.05, 3.63) is 35.4 Å². The molecule has 1 rings (SSSR count). The summed E-state index contributed by atoms with van der Waals surface area (Å²) >= 11 is 0. The van der Waals surface area contributed by atoms with Gasteiger partial charge in [-0.05, 0) is 17.7 Å². The minimum Gasteiger partial charge on any atom is -0.344 e. The second-order valence-electron chi connectivity index (χ2n) is 2.99. The molecular weight excluding hydrogens is 221 g/mol. The second-order valence-corrected chi connectivity index (χ2v) is 2.99. The van der Waals surface area contributed by atoms with Gasteiger partial charge in [-0.15, -0.1) is 0 Å². The fourth-order valence-electron chi connectivity index (χ4n) is 0.980. The number of amides is 1. The summed E-state index contributed by atoms with van der Waals surface area (Å²) in [6, 6.07) is 7.77. The van der Waals surface area contributed by atoms with Crippen molar-refractivity contribution in [2.24, 2.45) is 0 Å². The Balaban J connectivity index is 2.56. The first kappa shape index (κ1) is 12.0. The molecule has 6 heteroatoms. The zero-order chi connectivity index (χ0) is 12.2. The highest BCUT2D eigenvalue weighted by Gasteiger charge is 2.38. The monoisotopic (exact) mass is 228 g/mol. The molecule has 0 spiro atoms. The topological polar surface area (TPSA) is 52.9 Å². The molecule has 0 bridgehead atoms. The number of benzene rings is 1. The first-order chi connectivity index (χ1) is 7.43. The average Bonchev–Trinajstić information content (AvgIpc) is 2.25. The standard InChI is InChI=1S/C10H7F3N2O/c11-10(12,13)9(16)15-6-8-3-1-7(5-14)2-4-8/h1-4H,6H2,(H,15,16). The Morgan fingerprint density at radius 2 is 1.88 bits per heavy atom. The summed E-state index contributed by atoms with van der Waals surface area (Å²) in [6.45, 7) is -0.218. The van der Waals surface area contributed by atoms with Gasteiger partial charge in [0.25, 0.3) is 0 Å². The molecule has 0 unspecified atom stereocenters. The predicted octanol–water partition coefficient (Wildman–Crippen LogP) is 1.74. The van der Waals surface area contributed by atoms with Gasteiger partial charge in [0.2, 0.25) is 0 Å². The lowest BCUT2D eigenvalue weighted by atomic mass is 10.1. The molecule has 0 aliphatic carbocycles. The van der Waals surface area contributed by atoms with Crippen LogP contribution in [0.25, 0.3) is 0 Å². The van der Waals surface area contributed by atoms with E-state index in [1.807, 2.05) is 6.07 Å². The summed E-state index contributed by atoms with van der Waals surface area (Å²) in [5.41, 5.74) is 0.905. The number of hydrogen-bond donors (Lipinski definition) is 1. The Kier molecular flexibility index (Phi) is 3.51. The van der Waals surface area contributed by atoms with Crippen LogP contribution < -0.4 is 5.32 Å². The van der Waals surface area contributed by atoms with Crippen LogP contribution in [0, 0.1) is 11.3 Å². The Morgan fingerprint density at radius 3 is 2.31 bits per heavy atom. The summed E-state index contributed by atoms with van der Waals surface area (Å²) in [4.78, 5) is 10.5. The third kappa shape index (κ3) is 3.28. The smallest absolute Gasteiger partial charge is 0.344 e. The summed E-state index contributed by atoms with van der Waals surface area (Å²) in [6.07, 6.45) is -4.87. The molecule has 0 fully saturated rings. The SMILES string of the molecule is N#Cc1ccc(CNC(=O)C(F)(F)F)cc1.